The topological polar surface area (TPSA) is 146 Å². The van der Waals surface area contributed by atoms with E-state index in [2.05, 4.69) is 15.7 Å². The Hall–Kier alpha value is -4.62. The van der Waals surface area contributed by atoms with Crippen LogP contribution in [0.1, 0.15) is 73.5 Å². The van der Waals surface area contributed by atoms with Crippen LogP contribution in [0, 0.1) is 5.82 Å². The van der Waals surface area contributed by atoms with Crippen LogP contribution in [0.5, 0.6) is 5.75 Å². The number of rotatable bonds is 10. The number of methoxy groups -OCH3 is 2. The normalized spacial score (nSPS) is 14.8. The molecule has 4 rings (SSSR count). The highest BCUT2D eigenvalue weighted by Gasteiger charge is 2.37. The summed E-state index contributed by atoms with van der Waals surface area (Å²) in [5, 5.41) is 10.7. The molecule has 0 bridgehead atoms. The summed E-state index contributed by atoms with van der Waals surface area (Å²) in [6, 6.07) is 3.41. The average Bonchev–Trinajstić information content (AvgIpc) is 3.33. The van der Waals surface area contributed by atoms with Gasteiger partial charge >= 0.3 is 12.1 Å². The number of aromatic nitrogens is 3. The fourth-order valence-electron chi connectivity index (χ4n) is 5.26. The molecule has 2 aromatic heterocycles. The second kappa shape index (κ2) is 12.9. The maximum Gasteiger partial charge on any atom is 0.407 e. The summed E-state index contributed by atoms with van der Waals surface area (Å²) >= 11 is 0. The van der Waals surface area contributed by atoms with Gasteiger partial charge in [0, 0.05) is 32.2 Å². The molecule has 0 spiro atoms. The number of halogens is 1. The Labute approximate surface area is 254 Å². The van der Waals surface area contributed by atoms with Gasteiger partial charge in [-0.2, -0.15) is 0 Å². The van der Waals surface area contributed by atoms with E-state index in [4.69, 9.17) is 14.2 Å². The molecule has 3 aromatic rings. The summed E-state index contributed by atoms with van der Waals surface area (Å²) in [6.45, 7) is 10.5. The number of carbonyl (C=O) groups is 3. The van der Waals surface area contributed by atoms with Crippen molar-refractivity contribution < 1.29 is 33.0 Å². The van der Waals surface area contributed by atoms with Gasteiger partial charge in [0.15, 0.2) is 17.3 Å². The quantitative estimate of drug-likeness (QED) is 0.259. The number of esters is 1. The van der Waals surface area contributed by atoms with Crippen LogP contribution in [0.25, 0.3) is 10.9 Å². The lowest BCUT2D eigenvalue weighted by atomic mass is 10.1. The number of nitrogens with one attached hydrogen (secondary N) is 2. The molecule has 14 heteroatoms. The van der Waals surface area contributed by atoms with Crippen molar-refractivity contribution in [3.05, 3.63) is 51.2 Å². The van der Waals surface area contributed by atoms with Gasteiger partial charge in [0.05, 0.1) is 26.3 Å². The third kappa shape index (κ3) is 6.48. The number of carbonyl (C=O) groups excluding carboxylic acids is 3. The van der Waals surface area contributed by atoms with Crippen molar-refractivity contribution in [1.29, 1.82) is 0 Å². The van der Waals surface area contributed by atoms with E-state index >= 15 is 0 Å². The smallest absolute Gasteiger partial charge is 0.407 e. The molecule has 0 saturated heterocycles. The van der Waals surface area contributed by atoms with Gasteiger partial charge in [0.2, 0.25) is 0 Å². The zero-order chi connectivity index (χ0) is 32.3. The summed E-state index contributed by atoms with van der Waals surface area (Å²) in [4.78, 5) is 53.7. The third-order valence-electron chi connectivity index (χ3n) is 7.17. The number of anilines is 1. The number of likely N-dealkylation sites (N-methyl/N-ethyl adjacent to an activating group) is 1. The van der Waals surface area contributed by atoms with Crippen molar-refractivity contribution >= 4 is 34.7 Å². The Morgan fingerprint density at radius 2 is 1.89 bits per heavy atom. The highest BCUT2D eigenvalue weighted by molar-refractivity contribution is 6.07. The van der Waals surface area contributed by atoms with Crippen LogP contribution < -0.4 is 20.9 Å². The molecule has 2 N–H and O–H groups in total. The summed E-state index contributed by atoms with van der Waals surface area (Å²) < 4.78 is 32.8. The Morgan fingerprint density at radius 1 is 1.16 bits per heavy atom. The Morgan fingerprint density at radius 3 is 2.52 bits per heavy atom. The van der Waals surface area contributed by atoms with E-state index in [-0.39, 0.29) is 40.9 Å². The number of hydrogen-bond acceptors (Lipinski definition) is 9. The van der Waals surface area contributed by atoms with Crippen molar-refractivity contribution in [2.24, 2.45) is 0 Å². The lowest BCUT2D eigenvalue weighted by molar-refractivity contribution is 0.0526. The fraction of sp³-hybridized carbons (Fsp3) is 0.500. The first-order valence-corrected chi connectivity index (χ1v) is 14.4. The minimum absolute atomic E-state index is 0.0467. The molecule has 13 nitrogen and oxygen atoms in total. The Balaban J connectivity index is 1.79. The molecule has 3 heterocycles. The van der Waals surface area contributed by atoms with Gasteiger partial charge in [0.25, 0.3) is 11.5 Å². The predicted octanol–water partition coefficient (Wildman–Crippen LogP) is 3.54. The standard InChI is InChI=1S/C30H39FN6O7/c1-8-35-15-17(2)37-22-21(24(42-6)23(37)27(35)39)26(38)36(16-18-10-11-19(31)14-20(18)28(40)43-7)34-25(22)32-12-9-13-33-29(41)44-30(3,4)5/h10-11,14,17H,8-9,12-13,15-16H2,1-7H3,(H,32,34)(H,33,41). The number of hydrogen-bond donors (Lipinski definition) is 2. The van der Waals surface area contributed by atoms with Gasteiger partial charge in [-0.1, -0.05) is 6.07 Å². The molecule has 0 aliphatic carbocycles. The maximum absolute atomic E-state index is 14.0. The van der Waals surface area contributed by atoms with E-state index < -0.39 is 29.0 Å². The number of ether oxygens (including phenoxy) is 3. The summed E-state index contributed by atoms with van der Waals surface area (Å²) in [5.74, 6) is -1.25. The van der Waals surface area contributed by atoms with Crippen LogP contribution in [-0.2, 0) is 16.0 Å². The minimum Gasteiger partial charge on any atom is -0.493 e. The van der Waals surface area contributed by atoms with Crippen LogP contribution in [0.3, 0.4) is 0 Å². The summed E-state index contributed by atoms with van der Waals surface area (Å²) in [6.07, 6.45) is -0.0556. The molecule has 238 valence electrons. The molecule has 1 aliphatic rings. The number of benzene rings is 1. The number of alkyl carbamates (subject to hydrolysis) is 1. The monoisotopic (exact) mass is 614 g/mol. The van der Waals surface area contributed by atoms with E-state index in [1.54, 1.807) is 30.2 Å². The average molecular weight is 615 g/mol. The van der Waals surface area contributed by atoms with Crippen molar-refractivity contribution in [1.82, 2.24) is 24.6 Å². The van der Waals surface area contributed by atoms with Gasteiger partial charge in [0.1, 0.15) is 22.3 Å². The molecule has 1 aliphatic heterocycles. The summed E-state index contributed by atoms with van der Waals surface area (Å²) in [5.41, 5.74) is -0.273. The first kappa shape index (κ1) is 32.3. The van der Waals surface area contributed by atoms with E-state index in [9.17, 15) is 23.6 Å². The van der Waals surface area contributed by atoms with Crippen LogP contribution >= 0.6 is 0 Å². The van der Waals surface area contributed by atoms with E-state index in [1.165, 1.54) is 26.4 Å². The lowest BCUT2D eigenvalue weighted by Crippen LogP contribution is -2.42. The Kier molecular flexibility index (Phi) is 9.50. The zero-order valence-electron chi connectivity index (χ0n) is 26.1. The zero-order valence-corrected chi connectivity index (χ0v) is 26.1. The van der Waals surface area contributed by atoms with Crippen molar-refractivity contribution in [2.75, 3.05) is 45.7 Å². The van der Waals surface area contributed by atoms with Crippen LogP contribution in [-0.4, -0.2) is 83.2 Å². The first-order valence-electron chi connectivity index (χ1n) is 14.4. The van der Waals surface area contributed by atoms with Crippen LogP contribution in [0.15, 0.2) is 23.0 Å². The SMILES string of the molecule is CCN1CC(C)n2c(c(OC)c3c(=O)n(Cc4ccc(F)cc4C(=O)OC)nc(NCCCNC(=O)OC(C)(C)C)c32)C1=O. The highest BCUT2D eigenvalue weighted by atomic mass is 19.1. The minimum atomic E-state index is -0.763. The Bertz CT molecular complexity index is 1640. The van der Waals surface area contributed by atoms with Gasteiger partial charge in [-0.25, -0.2) is 18.7 Å². The maximum atomic E-state index is 14.0. The largest absolute Gasteiger partial charge is 0.493 e. The van der Waals surface area contributed by atoms with E-state index in [1.807, 2.05) is 13.8 Å². The van der Waals surface area contributed by atoms with Gasteiger partial charge < -0.3 is 34.3 Å². The second-order valence-electron chi connectivity index (χ2n) is 11.5. The molecular weight excluding hydrogens is 575 g/mol. The number of fused-ring (bicyclic) bond motifs is 3. The molecule has 0 saturated carbocycles. The molecule has 44 heavy (non-hydrogen) atoms. The van der Waals surface area contributed by atoms with Gasteiger partial charge in [-0.3, -0.25) is 9.59 Å². The molecule has 1 unspecified atom stereocenters. The highest BCUT2D eigenvalue weighted by Crippen LogP contribution is 2.39. The fourth-order valence-corrected chi connectivity index (χ4v) is 5.26. The third-order valence-corrected chi connectivity index (χ3v) is 7.17. The van der Waals surface area contributed by atoms with Crippen LogP contribution in [0.2, 0.25) is 0 Å². The lowest BCUT2D eigenvalue weighted by Gasteiger charge is -2.32. The second-order valence-corrected chi connectivity index (χ2v) is 11.5. The van der Waals surface area contributed by atoms with E-state index in [0.717, 1.165) is 10.7 Å². The molecule has 1 atom stereocenters. The molecule has 2 amide bonds. The predicted molar refractivity (Wildman–Crippen MR) is 161 cm³/mol. The molecular formula is C30H39FN6O7. The van der Waals surface area contributed by atoms with Crippen molar-refractivity contribution in [3.63, 3.8) is 0 Å². The van der Waals surface area contributed by atoms with Crippen molar-refractivity contribution in [2.45, 2.75) is 59.2 Å². The first-order chi connectivity index (χ1) is 20.8. The molecule has 0 radical (unpaired) electrons. The van der Waals surface area contributed by atoms with Gasteiger partial charge in [-0.15, -0.1) is 5.10 Å². The van der Waals surface area contributed by atoms with E-state index in [0.29, 0.717) is 49.5 Å². The van der Waals surface area contributed by atoms with Crippen LogP contribution in [0.4, 0.5) is 15.0 Å². The molecule has 0 fully saturated rings. The van der Waals surface area contributed by atoms with Crippen molar-refractivity contribution in [3.8, 4) is 5.75 Å². The summed E-state index contributed by atoms with van der Waals surface area (Å²) in [7, 11) is 2.58. The van der Waals surface area contributed by atoms with Gasteiger partial charge in [-0.05, 0) is 58.7 Å². The number of nitrogens with zero attached hydrogens (tertiary/aromatic N) is 4. The molecule has 1 aromatic carbocycles. The number of amides is 2.